The Bertz CT molecular complexity index is 710. The summed E-state index contributed by atoms with van der Waals surface area (Å²) in [5, 5.41) is 9.82. The lowest BCUT2D eigenvalue weighted by molar-refractivity contribution is -0.146. The van der Waals surface area contributed by atoms with Gasteiger partial charge in [-0.15, -0.1) is 0 Å². The third-order valence-electron chi connectivity index (χ3n) is 6.18. The lowest BCUT2D eigenvalue weighted by Crippen LogP contribution is -2.63. The van der Waals surface area contributed by atoms with Crippen molar-refractivity contribution in [3.63, 3.8) is 0 Å². The van der Waals surface area contributed by atoms with E-state index in [1.165, 1.54) is 12.1 Å². The molecule has 0 radical (unpaired) electrons. The maximum atomic E-state index is 13.7. The van der Waals surface area contributed by atoms with Gasteiger partial charge in [-0.1, -0.05) is 12.5 Å². The minimum Gasteiger partial charge on any atom is -0.480 e. The predicted octanol–water partition coefficient (Wildman–Crippen LogP) is 2.07. The first-order valence-electron chi connectivity index (χ1n) is 9.63. The highest BCUT2D eigenvalue weighted by molar-refractivity contribution is 5.85. The summed E-state index contributed by atoms with van der Waals surface area (Å²) in [6.45, 7) is 4.37. The number of aliphatic carboxylic acids is 1. The van der Waals surface area contributed by atoms with Crippen LogP contribution in [0.15, 0.2) is 18.2 Å². The second-order valence-corrected chi connectivity index (χ2v) is 7.72. The summed E-state index contributed by atoms with van der Waals surface area (Å²) in [4.78, 5) is 28.4. The third-order valence-corrected chi connectivity index (χ3v) is 6.18. The van der Waals surface area contributed by atoms with Gasteiger partial charge >= 0.3 is 5.97 Å². The number of benzene rings is 1. The fraction of sp³-hybridized carbons (Fsp3) is 0.600. The zero-order valence-corrected chi connectivity index (χ0v) is 15.8. The standard InChI is InChI=1S/C20H28FN3O3/c1-14-5-6-15(21)13-16(14)17(18(25)26)23-11-7-20(8-12-23,19(22)27)24-9-3-2-4-10-24/h5-6,13,17H,2-4,7-12H2,1H3,(H2,22,27)(H,25,26)/t17-/m0/s1. The number of carbonyl (C=O) groups is 2. The Hall–Kier alpha value is -1.99. The van der Waals surface area contributed by atoms with Crippen molar-refractivity contribution in [2.75, 3.05) is 26.2 Å². The molecule has 0 aromatic heterocycles. The summed E-state index contributed by atoms with van der Waals surface area (Å²) in [6, 6.07) is 3.32. The summed E-state index contributed by atoms with van der Waals surface area (Å²) >= 11 is 0. The van der Waals surface area contributed by atoms with Gasteiger partial charge in [-0.2, -0.15) is 0 Å². The highest BCUT2D eigenvalue weighted by Crippen LogP contribution is 2.35. The summed E-state index contributed by atoms with van der Waals surface area (Å²) in [5.41, 5.74) is 6.31. The van der Waals surface area contributed by atoms with Crippen LogP contribution in [0.2, 0.25) is 0 Å². The van der Waals surface area contributed by atoms with Crippen LogP contribution in [0.1, 0.15) is 49.3 Å². The molecule has 3 N–H and O–H groups in total. The number of amides is 1. The fourth-order valence-electron chi connectivity index (χ4n) is 4.58. The first-order valence-corrected chi connectivity index (χ1v) is 9.63. The number of carboxylic acid groups (broad SMARTS) is 1. The SMILES string of the molecule is Cc1ccc(F)cc1[C@@H](C(=O)O)N1CCC(C(N)=O)(N2CCCCC2)CC1. The Morgan fingerprint density at radius 3 is 2.33 bits per heavy atom. The van der Waals surface area contributed by atoms with Gasteiger partial charge in [0, 0.05) is 13.1 Å². The van der Waals surface area contributed by atoms with E-state index >= 15 is 0 Å². The van der Waals surface area contributed by atoms with Gasteiger partial charge in [-0.25, -0.2) is 4.39 Å². The fourth-order valence-corrected chi connectivity index (χ4v) is 4.58. The molecule has 0 aliphatic carbocycles. The minimum atomic E-state index is -1.01. The van der Waals surface area contributed by atoms with Crippen molar-refractivity contribution in [3.8, 4) is 0 Å². The molecule has 7 heteroatoms. The van der Waals surface area contributed by atoms with E-state index in [2.05, 4.69) is 4.90 Å². The van der Waals surface area contributed by atoms with Crippen molar-refractivity contribution >= 4 is 11.9 Å². The van der Waals surface area contributed by atoms with Gasteiger partial charge in [0.1, 0.15) is 17.4 Å². The lowest BCUT2D eigenvalue weighted by atomic mass is 9.82. The highest BCUT2D eigenvalue weighted by atomic mass is 19.1. The molecule has 0 unspecified atom stereocenters. The Kier molecular flexibility index (Phi) is 5.81. The van der Waals surface area contributed by atoms with Crippen molar-refractivity contribution in [2.24, 2.45) is 5.73 Å². The Morgan fingerprint density at radius 2 is 1.78 bits per heavy atom. The van der Waals surface area contributed by atoms with Crippen LogP contribution in [0.3, 0.4) is 0 Å². The predicted molar refractivity (Wildman–Crippen MR) is 99.7 cm³/mol. The number of nitrogens with zero attached hydrogens (tertiary/aromatic N) is 2. The molecule has 2 aliphatic heterocycles. The number of carbonyl (C=O) groups excluding carboxylic acids is 1. The molecular weight excluding hydrogens is 349 g/mol. The largest absolute Gasteiger partial charge is 0.480 e. The molecule has 0 spiro atoms. The molecule has 6 nitrogen and oxygen atoms in total. The van der Waals surface area contributed by atoms with E-state index in [4.69, 9.17) is 5.73 Å². The molecular formula is C20H28FN3O3. The second-order valence-electron chi connectivity index (χ2n) is 7.72. The number of hydrogen-bond donors (Lipinski definition) is 2. The van der Waals surface area contributed by atoms with Crippen LogP contribution in [0, 0.1) is 12.7 Å². The first-order chi connectivity index (χ1) is 12.8. The van der Waals surface area contributed by atoms with Gasteiger partial charge in [-0.05, 0) is 69.0 Å². The molecule has 1 aromatic carbocycles. The molecule has 2 aliphatic rings. The summed E-state index contributed by atoms with van der Waals surface area (Å²) in [5.74, 6) is -1.77. The normalized spacial score (nSPS) is 22.3. The maximum absolute atomic E-state index is 13.7. The third kappa shape index (κ3) is 3.84. The van der Waals surface area contributed by atoms with Gasteiger partial charge in [0.05, 0.1) is 0 Å². The van der Waals surface area contributed by atoms with Gasteiger partial charge in [0.15, 0.2) is 0 Å². The lowest BCUT2D eigenvalue weighted by Gasteiger charge is -2.49. The molecule has 2 fully saturated rings. The van der Waals surface area contributed by atoms with E-state index in [0.717, 1.165) is 37.9 Å². The Balaban J connectivity index is 1.82. The number of halogens is 1. The van der Waals surface area contributed by atoms with Crippen molar-refractivity contribution < 1.29 is 19.1 Å². The number of nitrogens with two attached hydrogens (primary N) is 1. The van der Waals surface area contributed by atoms with Crippen LogP contribution in [0.25, 0.3) is 0 Å². The van der Waals surface area contributed by atoms with Crippen molar-refractivity contribution in [2.45, 2.75) is 50.6 Å². The minimum absolute atomic E-state index is 0.321. The number of aryl methyl sites for hydroxylation is 1. The monoisotopic (exact) mass is 377 g/mol. The Morgan fingerprint density at radius 1 is 1.15 bits per heavy atom. The molecule has 1 atom stereocenters. The molecule has 2 saturated heterocycles. The second kappa shape index (κ2) is 7.94. The molecule has 3 rings (SSSR count). The van der Waals surface area contributed by atoms with Crippen LogP contribution in [0.5, 0.6) is 0 Å². The topological polar surface area (TPSA) is 86.9 Å². The van der Waals surface area contributed by atoms with E-state index in [1.807, 2.05) is 4.90 Å². The van der Waals surface area contributed by atoms with E-state index in [0.29, 0.717) is 31.5 Å². The van der Waals surface area contributed by atoms with E-state index < -0.39 is 23.4 Å². The number of rotatable bonds is 5. The molecule has 148 valence electrons. The number of likely N-dealkylation sites (tertiary alicyclic amines) is 2. The summed E-state index contributed by atoms with van der Waals surface area (Å²) in [7, 11) is 0. The molecule has 0 saturated carbocycles. The maximum Gasteiger partial charge on any atom is 0.325 e. The van der Waals surface area contributed by atoms with E-state index in [-0.39, 0.29) is 5.91 Å². The number of hydrogen-bond acceptors (Lipinski definition) is 4. The zero-order chi connectivity index (χ0) is 19.6. The quantitative estimate of drug-likeness (QED) is 0.820. The van der Waals surface area contributed by atoms with Crippen molar-refractivity contribution in [1.29, 1.82) is 0 Å². The smallest absolute Gasteiger partial charge is 0.325 e. The molecule has 2 heterocycles. The van der Waals surface area contributed by atoms with Gasteiger partial charge in [0.25, 0.3) is 0 Å². The Labute approximate surface area is 159 Å². The van der Waals surface area contributed by atoms with E-state index in [1.54, 1.807) is 13.0 Å². The zero-order valence-electron chi connectivity index (χ0n) is 15.8. The van der Waals surface area contributed by atoms with Crippen molar-refractivity contribution in [1.82, 2.24) is 9.80 Å². The first kappa shape index (κ1) is 19.8. The van der Waals surface area contributed by atoms with Crippen LogP contribution in [-0.2, 0) is 9.59 Å². The summed E-state index contributed by atoms with van der Waals surface area (Å²) in [6.07, 6.45) is 4.27. The number of primary amides is 1. The van der Waals surface area contributed by atoms with Gasteiger partial charge < -0.3 is 10.8 Å². The molecule has 0 bridgehead atoms. The highest BCUT2D eigenvalue weighted by Gasteiger charge is 2.46. The average molecular weight is 377 g/mol. The van der Waals surface area contributed by atoms with Crippen LogP contribution in [-0.4, -0.2) is 58.5 Å². The van der Waals surface area contributed by atoms with Crippen LogP contribution < -0.4 is 5.73 Å². The number of piperidine rings is 2. The molecule has 1 aromatic rings. The van der Waals surface area contributed by atoms with Crippen LogP contribution in [0.4, 0.5) is 4.39 Å². The molecule has 27 heavy (non-hydrogen) atoms. The van der Waals surface area contributed by atoms with Crippen LogP contribution >= 0.6 is 0 Å². The summed E-state index contributed by atoms with van der Waals surface area (Å²) < 4.78 is 13.7. The van der Waals surface area contributed by atoms with Crippen molar-refractivity contribution in [3.05, 3.63) is 35.1 Å². The van der Waals surface area contributed by atoms with Gasteiger partial charge in [-0.3, -0.25) is 19.4 Å². The van der Waals surface area contributed by atoms with E-state index in [9.17, 15) is 19.1 Å². The number of carboxylic acids is 1. The average Bonchev–Trinajstić information content (AvgIpc) is 2.65. The van der Waals surface area contributed by atoms with Gasteiger partial charge in [0.2, 0.25) is 5.91 Å². The molecule has 1 amide bonds.